The lowest BCUT2D eigenvalue weighted by molar-refractivity contribution is 0.0170. The zero-order valence-electron chi connectivity index (χ0n) is 18.9. The normalized spacial score (nSPS) is 25.1. The smallest absolute Gasteiger partial charge is 0.296 e. The van der Waals surface area contributed by atoms with E-state index in [1.807, 2.05) is 0 Å². The fourth-order valence-electron chi connectivity index (χ4n) is 4.67. The van der Waals surface area contributed by atoms with Gasteiger partial charge in [-0.1, -0.05) is 19.6 Å². The Hall–Kier alpha value is -1.87. The average Bonchev–Trinajstić information content (AvgIpc) is 3.08. The number of piperidine rings is 1. The summed E-state index contributed by atoms with van der Waals surface area (Å²) in [4.78, 5) is 6.87. The molecule has 0 spiro atoms. The van der Waals surface area contributed by atoms with Crippen LogP contribution >= 0.6 is 11.3 Å². The molecule has 2 aromatic rings. The minimum atomic E-state index is -2.97. The van der Waals surface area contributed by atoms with Crippen molar-refractivity contribution in [3.05, 3.63) is 52.0 Å². The number of hydrogen-bond donors (Lipinski definition) is 0. The molecule has 3 unspecified atom stereocenters. The molecule has 1 aromatic carbocycles. The molecule has 2 heterocycles. The molecular formula is C24H28F4N2OS2. The lowest BCUT2D eigenvalue weighted by Crippen LogP contribution is -2.26. The Morgan fingerprint density at radius 1 is 1.42 bits per heavy atom. The molecule has 1 aliphatic carbocycles. The lowest BCUT2D eigenvalue weighted by Gasteiger charge is -2.27. The van der Waals surface area contributed by atoms with Crippen molar-refractivity contribution in [2.45, 2.75) is 49.3 Å². The van der Waals surface area contributed by atoms with Gasteiger partial charge in [-0.25, -0.2) is 13.8 Å². The first-order valence-electron chi connectivity index (χ1n) is 10.7. The largest absolute Gasteiger partial charge is 0.370 e. The Morgan fingerprint density at radius 2 is 2.12 bits per heavy atom. The van der Waals surface area contributed by atoms with E-state index in [0.29, 0.717) is 34.9 Å². The number of halogens is 4. The van der Waals surface area contributed by atoms with Gasteiger partial charge in [0.25, 0.3) is 5.92 Å². The molecule has 0 amide bonds. The number of alkyl halides is 4. The summed E-state index contributed by atoms with van der Waals surface area (Å²) in [6.45, 7) is 7.87. The van der Waals surface area contributed by atoms with E-state index in [2.05, 4.69) is 22.3 Å². The quantitative estimate of drug-likeness (QED) is 0.347. The van der Waals surface area contributed by atoms with Gasteiger partial charge >= 0.3 is 0 Å². The molecule has 2 fully saturated rings. The van der Waals surface area contributed by atoms with Crippen LogP contribution in [-0.2, 0) is 27.3 Å². The van der Waals surface area contributed by atoms with E-state index in [1.165, 1.54) is 6.92 Å². The first-order chi connectivity index (χ1) is 15.2. The number of aromatic nitrogens is 1. The van der Waals surface area contributed by atoms with E-state index in [0.717, 1.165) is 30.2 Å². The van der Waals surface area contributed by atoms with E-state index in [4.69, 9.17) is 0 Å². The number of hydrogen-bond acceptors (Lipinski definition) is 4. The van der Waals surface area contributed by atoms with Crippen molar-refractivity contribution in [2.75, 3.05) is 19.3 Å². The SMILES string of the molecule is C=C(c1cc(S(=C)(C)=O)ccc1C[C@H](C)C(F)F)N1CC2CC2(c2csc(C(C)(F)F)n2)C1. The van der Waals surface area contributed by atoms with E-state index in [1.54, 1.807) is 29.8 Å². The fourth-order valence-corrected chi connectivity index (χ4v) is 6.26. The van der Waals surface area contributed by atoms with Crippen molar-refractivity contribution in [3.63, 3.8) is 0 Å². The maximum absolute atomic E-state index is 13.7. The number of benzene rings is 1. The molecule has 1 aliphatic heterocycles. The zero-order chi connectivity index (χ0) is 24.3. The van der Waals surface area contributed by atoms with Crippen LogP contribution < -0.4 is 0 Å². The van der Waals surface area contributed by atoms with Crippen LogP contribution in [0.4, 0.5) is 17.6 Å². The van der Waals surface area contributed by atoms with Gasteiger partial charge < -0.3 is 4.90 Å². The maximum Gasteiger partial charge on any atom is 0.296 e. The van der Waals surface area contributed by atoms with Crippen molar-refractivity contribution in [2.24, 2.45) is 11.8 Å². The Bertz CT molecular complexity index is 1190. The van der Waals surface area contributed by atoms with Crippen LogP contribution in [0.1, 0.15) is 42.1 Å². The molecule has 4 atom stereocenters. The van der Waals surface area contributed by atoms with Crippen molar-refractivity contribution >= 4 is 32.4 Å². The number of likely N-dealkylation sites (tertiary alicyclic amines) is 1. The molecule has 0 radical (unpaired) electrons. The highest BCUT2D eigenvalue weighted by molar-refractivity contribution is 7.99. The molecule has 1 saturated heterocycles. The number of thiazole rings is 1. The van der Waals surface area contributed by atoms with Gasteiger partial charge in [-0.3, -0.25) is 4.21 Å². The minimum Gasteiger partial charge on any atom is -0.370 e. The van der Waals surface area contributed by atoms with Crippen molar-refractivity contribution < 1.29 is 21.8 Å². The van der Waals surface area contributed by atoms with Crippen molar-refractivity contribution in [1.82, 2.24) is 9.88 Å². The van der Waals surface area contributed by atoms with Crippen LogP contribution in [0.3, 0.4) is 0 Å². The highest BCUT2D eigenvalue weighted by Crippen LogP contribution is 2.60. The summed E-state index contributed by atoms with van der Waals surface area (Å²) < 4.78 is 66.5. The summed E-state index contributed by atoms with van der Waals surface area (Å²) in [7, 11) is -2.50. The third kappa shape index (κ3) is 4.58. The van der Waals surface area contributed by atoms with Crippen LogP contribution in [-0.4, -0.2) is 45.7 Å². The van der Waals surface area contributed by atoms with E-state index >= 15 is 0 Å². The second-order valence-corrected chi connectivity index (χ2v) is 13.0. The van der Waals surface area contributed by atoms with Crippen molar-refractivity contribution in [3.8, 4) is 0 Å². The molecule has 1 aromatic heterocycles. The summed E-state index contributed by atoms with van der Waals surface area (Å²) in [6, 6.07) is 5.18. The van der Waals surface area contributed by atoms with Gasteiger partial charge in [0.15, 0.2) is 5.01 Å². The van der Waals surface area contributed by atoms with E-state index in [-0.39, 0.29) is 22.8 Å². The average molecular weight is 501 g/mol. The highest BCUT2D eigenvalue weighted by Gasteiger charge is 2.62. The van der Waals surface area contributed by atoms with Gasteiger partial charge in [0.2, 0.25) is 6.43 Å². The molecule has 0 bridgehead atoms. The topological polar surface area (TPSA) is 33.2 Å². The lowest BCUT2D eigenvalue weighted by atomic mass is 9.95. The van der Waals surface area contributed by atoms with Crippen LogP contribution in [0.5, 0.6) is 0 Å². The number of fused-ring (bicyclic) bond motifs is 1. The summed E-state index contributed by atoms with van der Waals surface area (Å²) >= 11 is 0.979. The first kappa shape index (κ1) is 24.3. The molecule has 3 nitrogen and oxygen atoms in total. The molecule has 33 heavy (non-hydrogen) atoms. The van der Waals surface area contributed by atoms with Gasteiger partial charge in [-0.05, 0) is 51.8 Å². The standard InChI is InChI=1S/C24H28F4N2OS2/c1-14(21(25)26)8-16-6-7-18(33(4,5)31)9-19(16)15(2)30-11-17-10-24(17,13-30)20-12-32-22(29-20)23(3,27)28/h6-7,9,12,14,17,21H,2,4,8,10-11,13H2,1,3,5H3/t14-,17?,24?,33?/m0/s1. The Balaban J connectivity index is 1.62. The molecule has 0 N–H and O–H groups in total. The van der Waals surface area contributed by atoms with Crippen LogP contribution in [0.15, 0.2) is 35.1 Å². The van der Waals surface area contributed by atoms with Gasteiger partial charge in [0.1, 0.15) is 0 Å². The predicted octanol–water partition coefficient (Wildman–Crippen LogP) is 5.65. The number of rotatable bonds is 8. The molecule has 1 saturated carbocycles. The minimum absolute atomic E-state index is 0.164. The zero-order valence-corrected chi connectivity index (χ0v) is 20.5. The Labute approximate surface area is 196 Å². The van der Waals surface area contributed by atoms with Gasteiger partial charge in [0.05, 0.1) is 5.69 Å². The predicted molar refractivity (Wildman–Crippen MR) is 127 cm³/mol. The van der Waals surface area contributed by atoms with E-state index < -0.39 is 27.8 Å². The Kier molecular flexibility index (Phi) is 5.97. The molecule has 180 valence electrons. The fraction of sp³-hybridized carbons (Fsp3) is 0.500. The monoisotopic (exact) mass is 500 g/mol. The number of nitrogens with zero attached hydrogens (tertiary/aromatic N) is 2. The van der Waals surface area contributed by atoms with Gasteiger partial charge in [-0.15, -0.1) is 11.3 Å². The molecule has 4 rings (SSSR count). The maximum atomic E-state index is 13.7. The summed E-state index contributed by atoms with van der Waals surface area (Å²) in [6.07, 6.45) is 0.135. The Morgan fingerprint density at radius 3 is 2.70 bits per heavy atom. The molecule has 2 aliphatic rings. The highest BCUT2D eigenvalue weighted by atomic mass is 32.2. The summed E-state index contributed by atoms with van der Waals surface area (Å²) in [5.41, 5.74) is 2.49. The first-order valence-corrected chi connectivity index (χ1v) is 13.8. The van der Waals surface area contributed by atoms with Crippen LogP contribution in [0.2, 0.25) is 0 Å². The molecular weight excluding hydrogens is 472 g/mol. The van der Waals surface area contributed by atoms with Crippen LogP contribution in [0.25, 0.3) is 5.70 Å². The third-order valence-electron chi connectivity index (χ3n) is 6.78. The van der Waals surface area contributed by atoms with Crippen LogP contribution in [0, 0.1) is 11.8 Å². The third-order valence-corrected chi connectivity index (χ3v) is 9.05. The van der Waals surface area contributed by atoms with E-state index in [9.17, 15) is 21.8 Å². The van der Waals surface area contributed by atoms with Crippen molar-refractivity contribution in [1.29, 1.82) is 0 Å². The second kappa shape index (κ2) is 8.12. The second-order valence-electron chi connectivity index (χ2n) is 9.65. The van der Waals surface area contributed by atoms with Gasteiger partial charge in [-0.2, -0.15) is 8.78 Å². The molecule has 9 heteroatoms. The van der Waals surface area contributed by atoms with Gasteiger partial charge in [0, 0.05) is 59.1 Å². The summed E-state index contributed by atoms with van der Waals surface area (Å²) in [5.74, 6) is 0.222. The summed E-state index contributed by atoms with van der Waals surface area (Å²) in [5, 5.41) is 1.54.